The minimum atomic E-state index is -1.26. The molecule has 4 aromatic carbocycles. The van der Waals surface area contributed by atoms with Gasteiger partial charge in [0, 0.05) is 5.56 Å². The summed E-state index contributed by atoms with van der Waals surface area (Å²) >= 11 is 0. The molecule has 4 aromatic rings. The summed E-state index contributed by atoms with van der Waals surface area (Å²) in [7, 11) is 0. The number of carbonyl (C=O) groups excluding carboxylic acids is 3. The number of ketones is 1. The Labute approximate surface area is 196 Å². The maximum Gasteiger partial charge on any atom is 0.325 e. The topological polar surface area (TPSA) is 75.7 Å². The summed E-state index contributed by atoms with van der Waals surface area (Å²) in [5, 5.41) is 4.64. The second kappa shape index (κ2) is 8.48. The molecule has 3 amide bonds. The van der Waals surface area contributed by atoms with E-state index in [1.807, 2.05) is 72.8 Å². The number of benzene rings is 4. The van der Waals surface area contributed by atoms with Crippen LogP contribution in [0, 0.1) is 0 Å². The number of amides is 3. The van der Waals surface area contributed by atoms with Gasteiger partial charge in [-0.25, -0.2) is 4.79 Å². The third-order valence-electron chi connectivity index (χ3n) is 6.06. The predicted octanol–water partition coefficient (Wildman–Crippen LogP) is 5.28. The largest absolute Gasteiger partial charge is 0.457 e. The number of Topliss-reactive ketones (excluding diaryl/α,β-unsaturated/α-hetero) is 1. The zero-order chi connectivity index (χ0) is 23.7. The van der Waals surface area contributed by atoms with E-state index in [4.69, 9.17) is 4.74 Å². The highest BCUT2D eigenvalue weighted by atomic mass is 16.5. The fraction of sp³-hybridized carbons (Fsp3) is 0.107. The normalized spacial score (nSPS) is 17.6. The molecule has 6 nitrogen and oxygen atoms in total. The van der Waals surface area contributed by atoms with Gasteiger partial charge in [-0.3, -0.25) is 14.5 Å². The summed E-state index contributed by atoms with van der Waals surface area (Å²) in [6, 6.07) is 28.7. The fourth-order valence-corrected chi connectivity index (χ4v) is 4.25. The minimum Gasteiger partial charge on any atom is -0.457 e. The Kier molecular flexibility index (Phi) is 5.34. The molecule has 0 aromatic heterocycles. The molecule has 0 radical (unpaired) electrons. The predicted molar refractivity (Wildman–Crippen MR) is 129 cm³/mol. The van der Waals surface area contributed by atoms with Gasteiger partial charge in [0.05, 0.1) is 6.54 Å². The molecule has 1 aliphatic rings. The van der Waals surface area contributed by atoms with Crippen molar-refractivity contribution in [2.45, 2.75) is 12.5 Å². The molecule has 1 atom stereocenters. The summed E-state index contributed by atoms with van der Waals surface area (Å²) in [5.41, 5.74) is -0.174. The van der Waals surface area contributed by atoms with Crippen molar-refractivity contribution in [2.24, 2.45) is 0 Å². The SMILES string of the molecule is C[C@]1(c2cccc3ccccc23)NC(=O)N(CC(=O)c2ccc(Oc3ccccc3)cc2)C1=O. The van der Waals surface area contributed by atoms with Gasteiger partial charge in [0.15, 0.2) is 5.78 Å². The Hall–Kier alpha value is -4.45. The summed E-state index contributed by atoms with van der Waals surface area (Å²) in [4.78, 5) is 40.0. The number of hydrogen-bond acceptors (Lipinski definition) is 4. The molecule has 1 N–H and O–H groups in total. The van der Waals surface area contributed by atoms with Crippen LogP contribution in [0.15, 0.2) is 97.1 Å². The van der Waals surface area contributed by atoms with Gasteiger partial charge in [-0.15, -0.1) is 0 Å². The minimum absolute atomic E-state index is 0.336. The second-order valence-corrected chi connectivity index (χ2v) is 8.34. The molecule has 0 unspecified atom stereocenters. The van der Waals surface area contributed by atoms with E-state index in [0.29, 0.717) is 22.6 Å². The van der Waals surface area contributed by atoms with Crippen LogP contribution in [0.1, 0.15) is 22.8 Å². The lowest BCUT2D eigenvalue weighted by molar-refractivity contribution is -0.130. The fourth-order valence-electron chi connectivity index (χ4n) is 4.25. The molecule has 1 saturated heterocycles. The Morgan fingerprint density at radius 2 is 1.47 bits per heavy atom. The third kappa shape index (κ3) is 3.79. The van der Waals surface area contributed by atoms with Crippen molar-refractivity contribution in [3.8, 4) is 11.5 Å². The first-order valence-electron chi connectivity index (χ1n) is 10.9. The Bertz CT molecular complexity index is 1390. The van der Waals surface area contributed by atoms with Crippen LogP contribution in [0.4, 0.5) is 4.79 Å². The van der Waals surface area contributed by atoms with Crippen LogP contribution >= 0.6 is 0 Å². The molecule has 5 rings (SSSR count). The summed E-state index contributed by atoms with van der Waals surface area (Å²) < 4.78 is 5.75. The van der Waals surface area contributed by atoms with Crippen molar-refractivity contribution in [1.82, 2.24) is 10.2 Å². The van der Waals surface area contributed by atoms with E-state index in [2.05, 4.69) is 5.32 Å². The molecular weight excluding hydrogens is 428 g/mol. The Morgan fingerprint density at radius 1 is 0.824 bits per heavy atom. The van der Waals surface area contributed by atoms with Crippen LogP contribution < -0.4 is 10.1 Å². The van der Waals surface area contributed by atoms with Crippen molar-refractivity contribution in [2.75, 3.05) is 6.54 Å². The second-order valence-electron chi connectivity index (χ2n) is 8.34. The lowest BCUT2D eigenvalue weighted by atomic mass is 9.88. The van der Waals surface area contributed by atoms with Crippen LogP contribution in [0.25, 0.3) is 10.8 Å². The van der Waals surface area contributed by atoms with E-state index in [1.165, 1.54) is 0 Å². The van der Waals surface area contributed by atoms with E-state index in [1.54, 1.807) is 31.2 Å². The first kappa shape index (κ1) is 21.4. The quantitative estimate of drug-likeness (QED) is 0.320. The highest BCUT2D eigenvalue weighted by Crippen LogP contribution is 2.34. The standard InChI is InChI=1S/C28H22N2O4/c1-28(24-13-7-9-19-8-5-6-12-23(19)24)26(32)30(27(33)29-28)18-25(31)20-14-16-22(17-15-20)34-21-10-3-2-4-11-21/h2-17H,18H2,1H3,(H,29,33)/t28-/m1/s1. The molecule has 34 heavy (non-hydrogen) atoms. The highest BCUT2D eigenvalue weighted by Gasteiger charge is 2.50. The molecule has 0 saturated carbocycles. The zero-order valence-electron chi connectivity index (χ0n) is 18.5. The molecule has 1 fully saturated rings. The number of imide groups is 1. The van der Waals surface area contributed by atoms with E-state index in [0.717, 1.165) is 15.7 Å². The number of ether oxygens (including phenoxy) is 1. The number of rotatable bonds is 6. The van der Waals surface area contributed by atoms with Crippen molar-refractivity contribution >= 4 is 28.5 Å². The number of nitrogens with one attached hydrogen (secondary N) is 1. The number of nitrogens with zero attached hydrogens (tertiary/aromatic N) is 1. The van der Waals surface area contributed by atoms with E-state index < -0.39 is 17.5 Å². The van der Waals surface area contributed by atoms with Gasteiger partial charge in [0.2, 0.25) is 0 Å². The molecule has 0 aliphatic carbocycles. The van der Waals surface area contributed by atoms with Crippen molar-refractivity contribution in [3.05, 3.63) is 108 Å². The average molecular weight is 450 g/mol. The molecular formula is C28H22N2O4. The molecule has 1 aliphatic heterocycles. The van der Waals surface area contributed by atoms with Crippen LogP contribution in [0.5, 0.6) is 11.5 Å². The van der Waals surface area contributed by atoms with E-state index in [9.17, 15) is 14.4 Å². The van der Waals surface area contributed by atoms with Gasteiger partial charge in [-0.05, 0) is 59.7 Å². The van der Waals surface area contributed by atoms with Crippen molar-refractivity contribution in [1.29, 1.82) is 0 Å². The van der Waals surface area contributed by atoms with Gasteiger partial charge in [0.1, 0.15) is 17.0 Å². The lowest BCUT2D eigenvalue weighted by Gasteiger charge is -2.24. The number of para-hydroxylation sites is 1. The van der Waals surface area contributed by atoms with Crippen LogP contribution in [-0.4, -0.2) is 29.2 Å². The van der Waals surface area contributed by atoms with Crippen LogP contribution in [0.3, 0.4) is 0 Å². The maximum absolute atomic E-state index is 13.4. The Morgan fingerprint density at radius 3 is 2.24 bits per heavy atom. The van der Waals surface area contributed by atoms with Crippen molar-refractivity contribution in [3.63, 3.8) is 0 Å². The molecule has 0 bridgehead atoms. The lowest BCUT2D eigenvalue weighted by Crippen LogP contribution is -2.41. The number of urea groups is 1. The van der Waals surface area contributed by atoms with Gasteiger partial charge in [0.25, 0.3) is 5.91 Å². The molecule has 168 valence electrons. The van der Waals surface area contributed by atoms with Gasteiger partial charge in [-0.2, -0.15) is 0 Å². The molecule has 6 heteroatoms. The number of hydrogen-bond donors (Lipinski definition) is 1. The smallest absolute Gasteiger partial charge is 0.325 e. The Balaban J connectivity index is 1.34. The van der Waals surface area contributed by atoms with E-state index in [-0.39, 0.29) is 12.3 Å². The number of carbonyl (C=O) groups is 3. The third-order valence-corrected chi connectivity index (χ3v) is 6.06. The molecule has 0 spiro atoms. The zero-order valence-corrected chi connectivity index (χ0v) is 18.5. The van der Waals surface area contributed by atoms with Gasteiger partial charge >= 0.3 is 6.03 Å². The van der Waals surface area contributed by atoms with Gasteiger partial charge < -0.3 is 10.1 Å². The first-order valence-corrected chi connectivity index (χ1v) is 10.9. The first-order chi connectivity index (χ1) is 16.5. The number of fused-ring (bicyclic) bond motifs is 1. The highest BCUT2D eigenvalue weighted by molar-refractivity contribution is 6.12. The summed E-state index contributed by atoms with van der Waals surface area (Å²) in [6.07, 6.45) is 0. The monoisotopic (exact) mass is 450 g/mol. The van der Waals surface area contributed by atoms with Crippen LogP contribution in [-0.2, 0) is 10.3 Å². The molecule has 1 heterocycles. The summed E-state index contributed by atoms with van der Waals surface area (Å²) in [5.74, 6) is 0.484. The summed E-state index contributed by atoms with van der Waals surface area (Å²) in [6.45, 7) is 1.33. The maximum atomic E-state index is 13.4. The van der Waals surface area contributed by atoms with E-state index >= 15 is 0 Å². The van der Waals surface area contributed by atoms with Crippen molar-refractivity contribution < 1.29 is 19.1 Å². The van der Waals surface area contributed by atoms with Crippen LogP contribution in [0.2, 0.25) is 0 Å². The van der Waals surface area contributed by atoms with Gasteiger partial charge in [-0.1, -0.05) is 60.7 Å². The average Bonchev–Trinajstić information content (AvgIpc) is 3.08.